The zero-order chi connectivity index (χ0) is 12.4. The third-order valence-corrected chi connectivity index (χ3v) is 3.62. The summed E-state index contributed by atoms with van der Waals surface area (Å²) in [4.78, 5) is 4.61. The van der Waals surface area contributed by atoms with Crippen LogP contribution in [0, 0.1) is 0 Å². The molecule has 2 aromatic rings. The Morgan fingerprint density at radius 3 is 2.61 bits per heavy atom. The summed E-state index contributed by atoms with van der Waals surface area (Å²) in [7, 11) is 0. The van der Waals surface area contributed by atoms with Gasteiger partial charge in [0.2, 0.25) is 0 Å². The zero-order valence-electron chi connectivity index (χ0n) is 10.4. The molecule has 4 heteroatoms. The van der Waals surface area contributed by atoms with Gasteiger partial charge in [0.05, 0.1) is 0 Å². The molecule has 94 valence electrons. The Hall–Kier alpha value is -1.84. The molecular weight excluding hydrogens is 224 g/mol. The number of benzene rings is 1. The molecule has 1 aromatic heterocycles. The quantitative estimate of drug-likeness (QED) is 0.813. The fourth-order valence-electron chi connectivity index (χ4n) is 2.58. The van der Waals surface area contributed by atoms with Crippen molar-refractivity contribution in [2.24, 2.45) is 0 Å². The van der Waals surface area contributed by atoms with E-state index in [0.29, 0.717) is 5.92 Å². The summed E-state index contributed by atoms with van der Waals surface area (Å²) in [5.74, 6) is 2.51. The lowest BCUT2D eigenvalue weighted by Crippen LogP contribution is -1.95. The largest absolute Gasteiger partial charge is 0.399 e. The third kappa shape index (κ3) is 2.37. The average molecular weight is 242 g/mol. The third-order valence-electron chi connectivity index (χ3n) is 3.62. The predicted octanol–water partition coefficient (Wildman–Crippen LogP) is 2.64. The zero-order valence-corrected chi connectivity index (χ0v) is 10.4. The van der Waals surface area contributed by atoms with Crippen molar-refractivity contribution in [3.8, 4) is 0 Å². The Morgan fingerprint density at radius 2 is 1.89 bits per heavy atom. The minimum atomic E-state index is 0.571. The van der Waals surface area contributed by atoms with Crippen LogP contribution in [0.4, 0.5) is 5.69 Å². The van der Waals surface area contributed by atoms with Gasteiger partial charge in [-0.3, -0.25) is 5.10 Å². The Balaban J connectivity index is 1.71. The maximum atomic E-state index is 5.67. The van der Waals surface area contributed by atoms with Gasteiger partial charge >= 0.3 is 0 Å². The molecule has 1 aromatic carbocycles. The molecule has 0 aliphatic heterocycles. The van der Waals surface area contributed by atoms with Crippen LogP contribution < -0.4 is 5.73 Å². The number of nitrogens with two attached hydrogens (primary N) is 1. The summed E-state index contributed by atoms with van der Waals surface area (Å²) in [5.41, 5.74) is 7.67. The predicted molar refractivity (Wildman–Crippen MR) is 71.3 cm³/mol. The van der Waals surface area contributed by atoms with Gasteiger partial charge in [0.25, 0.3) is 0 Å². The lowest BCUT2D eigenvalue weighted by Gasteiger charge is -2.01. The van der Waals surface area contributed by atoms with Crippen molar-refractivity contribution in [1.82, 2.24) is 15.2 Å². The number of nitrogens with one attached hydrogen (secondary N) is 1. The summed E-state index contributed by atoms with van der Waals surface area (Å²) in [6, 6.07) is 7.91. The highest BCUT2D eigenvalue weighted by Crippen LogP contribution is 2.31. The smallest absolute Gasteiger partial charge is 0.153 e. The normalized spacial score (nSPS) is 16.2. The highest BCUT2D eigenvalue weighted by molar-refractivity contribution is 5.39. The van der Waals surface area contributed by atoms with Crippen LogP contribution in [0.1, 0.15) is 48.8 Å². The van der Waals surface area contributed by atoms with Gasteiger partial charge in [-0.25, -0.2) is 4.98 Å². The van der Waals surface area contributed by atoms with Gasteiger partial charge < -0.3 is 5.73 Å². The van der Waals surface area contributed by atoms with E-state index in [1.807, 2.05) is 24.3 Å². The first-order valence-corrected chi connectivity index (χ1v) is 6.57. The highest BCUT2D eigenvalue weighted by atomic mass is 15.2. The van der Waals surface area contributed by atoms with Crippen molar-refractivity contribution >= 4 is 5.69 Å². The van der Waals surface area contributed by atoms with Gasteiger partial charge in [0.1, 0.15) is 5.82 Å². The number of aromatic nitrogens is 3. The van der Waals surface area contributed by atoms with Gasteiger partial charge in [0, 0.05) is 18.0 Å². The fraction of sp³-hybridized carbons (Fsp3) is 0.429. The second kappa shape index (κ2) is 4.80. The van der Waals surface area contributed by atoms with Crippen LogP contribution in [0.5, 0.6) is 0 Å². The number of rotatable bonds is 3. The van der Waals surface area contributed by atoms with Crippen molar-refractivity contribution in [3.63, 3.8) is 0 Å². The van der Waals surface area contributed by atoms with Crippen LogP contribution in [0.2, 0.25) is 0 Å². The Kier molecular flexibility index (Phi) is 3.00. The first-order chi connectivity index (χ1) is 8.81. The maximum absolute atomic E-state index is 5.67. The van der Waals surface area contributed by atoms with Crippen LogP contribution in [-0.2, 0) is 6.42 Å². The minimum absolute atomic E-state index is 0.571. The molecule has 3 N–H and O–H groups in total. The van der Waals surface area contributed by atoms with E-state index >= 15 is 0 Å². The van der Waals surface area contributed by atoms with Crippen LogP contribution in [-0.4, -0.2) is 15.2 Å². The highest BCUT2D eigenvalue weighted by Gasteiger charge is 2.20. The van der Waals surface area contributed by atoms with Crippen molar-refractivity contribution < 1.29 is 0 Å². The number of aromatic amines is 1. The SMILES string of the molecule is Nc1ccc(Cc2nc(C3CCCC3)n[nH]2)cc1. The van der Waals surface area contributed by atoms with Gasteiger partial charge in [-0.1, -0.05) is 25.0 Å². The number of hydrogen-bond donors (Lipinski definition) is 2. The van der Waals surface area contributed by atoms with E-state index in [0.717, 1.165) is 23.8 Å². The second-order valence-electron chi connectivity index (χ2n) is 5.04. The number of anilines is 1. The number of H-pyrrole nitrogens is 1. The minimum Gasteiger partial charge on any atom is -0.399 e. The summed E-state index contributed by atoms with van der Waals surface area (Å²) >= 11 is 0. The molecule has 0 radical (unpaired) electrons. The molecule has 0 unspecified atom stereocenters. The number of nitrogen functional groups attached to an aromatic ring is 1. The summed E-state index contributed by atoms with van der Waals surface area (Å²) in [5, 5.41) is 7.40. The molecule has 0 bridgehead atoms. The van der Waals surface area contributed by atoms with Crippen LogP contribution >= 0.6 is 0 Å². The van der Waals surface area contributed by atoms with E-state index in [2.05, 4.69) is 15.2 Å². The second-order valence-corrected chi connectivity index (χ2v) is 5.04. The molecule has 1 saturated carbocycles. The van der Waals surface area contributed by atoms with E-state index in [1.54, 1.807) is 0 Å². The molecule has 1 heterocycles. The fourth-order valence-corrected chi connectivity index (χ4v) is 2.58. The van der Waals surface area contributed by atoms with Crippen molar-refractivity contribution in [3.05, 3.63) is 41.5 Å². The van der Waals surface area contributed by atoms with Crippen molar-refractivity contribution in [2.45, 2.75) is 38.0 Å². The summed E-state index contributed by atoms with van der Waals surface area (Å²) < 4.78 is 0. The Labute approximate surface area is 107 Å². The Morgan fingerprint density at radius 1 is 1.17 bits per heavy atom. The molecular formula is C14H18N4. The maximum Gasteiger partial charge on any atom is 0.153 e. The van der Waals surface area contributed by atoms with E-state index in [9.17, 15) is 0 Å². The molecule has 1 aliphatic carbocycles. The van der Waals surface area contributed by atoms with Gasteiger partial charge in [-0.05, 0) is 30.5 Å². The first kappa shape index (κ1) is 11.3. The van der Waals surface area contributed by atoms with E-state index in [-0.39, 0.29) is 0 Å². The van der Waals surface area contributed by atoms with E-state index < -0.39 is 0 Å². The van der Waals surface area contributed by atoms with Gasteiger partial charge in [-0.2, -0.15) is 5.10 Å². The molecule has 4 nitrogen and oxygen atoms in total. The van der Waals surface area contributed by atoms with E-state index in [4.69, 9.17) is 5.73 Å². The molecule has 0 spiro atoms. The molecule has 0 atom stereocenters. The molecule has 0 saturated heterocycles. The van der Waals surface area contributed by atoms with Gasteiger partial charge in [0.15, 0.2) is 5.82 Å². The Bertz CT molecular complexity index is 509. The van der Waals surface area contributed by atoms with Crippen molar-refractivity contribution in [2.75, 3.05) is 5.73 Å². The molecule has 18 heavy (non-hydrogen) atoms. The molecule has 1 fully saturated rings. The topological polar surface area (TPSA) is 67.6 Å². The van der Waals surface area contributed by atoms with E-state index in [1.165, 1.54) is 31.2 Å². The van der Waals surface area contributed by atoms with Crippen LogP contribution in [0.15, 0.2) is 24.3 Å². The first-order valence-electron chi connectivity index (χ1n) is 6.57. The summed E-state index contributed by atoms with van der Waals surface area (Å²) in [6.07, 6.45) is 5.89. The monoisotopic (exact) mass is 242 g/mol. The number of nitrogens with zero attached hydrogens (tertiary/aromatic N) is 2. The van der Waals surface area contributed by atoms with Gasteiger partial charge in [-0.15, -0.1) is 0 Å². The average Bonchev–Trinajstić information content (AvgIpc) is 3.02. The van der Waals surface area contributed by atoms with Crippen LogP contribution in [0.25, 0.3) is 0 Å². The molecule has 0 amide bonds. The molecule has 1 aliphatic rings. The summed E-state index contributed by atoms with van der Waals surface area (Å²) in [6.45, 7) is 0. The standard InChI is InChI=1S/C14H18N4/c15-12-7-5-10(6-8-12)9-13-16-14(18-17-13)11-3-1-2-4-11/h5-8,11H,1-4,9,15H2,(H,16,17,18). The molecule has 3 rings (SSSR count). The lowest BCUT2D eigenvalue weighted by atomic mass is 10.1. The van der Waals surface area contributed by atoms with Crippen LogP contribution in [0.3, 0.4) is 0 Å². The van der Waals surface area contributed by atoms with Crippen molar-refractivity contribution in [1.29, 1.82) is 0 Å². The lowest BCUT2D eigenvalue weighted by molar-refractivity contribution is 0.671. The number of hydrogen-bond acceptors (Lipinski definition) is 3.